The topological polar surface area (TPSA) is 72.2 Å². The van der Waals surface area contributed by atoms with Crippen molar-refractivity contribution < 1.29 is 8.42 Å². The van der Waals surface area contributed by atoms with Crippen LogP contribution in [-0.4, -0.2) is 19.4 Å². The van der Waals surface area contributed by atoms with Gasteiger partial charge >= 0.3 is 0 Å². The number of sulfonamides is 1. The van der Waals surface area contributed by atoms with E-state index in [1.165, 1.54) is 6.42 Å². The zero-order valence-corrected chi connectivity index (χ0v) is 13.9. The van der Waals surface area contributed by atoms with Crippen molar-refractivity contribution in [2.45, 2.75) is 49.3 Å². The summed E-state index contributed by atoms with van der Waals surface area (Å²) in [6.07, 6.45) is 5.23. The molecule has 0 aromatic carbocycles. The van der Waals surface area contributed by atoms with Crippen LogP contribution in [0.2, 0.25) is 0 Å². The third kappa shape index (κ3) is 3.78. The lowest BCUT2D eigenvalue weighted by Crippen LogP contribution is -2.37. The molecular formula is C13H20N2O2S3. The molecule has 3 N–H and O–H groups in total. The van der Waals surface area contributed by atoms with Crippen LogP contribution in [0.1, 0.15) is 43.9 Å². The molecule has 1 aliphatic carbocycles. The standard InChI is InChI=1S/C13H20N2O2S3/c1-2-9-3-5-10(6-4-9)15-20(16,17)12-8-7-11(19-12)13(14)18/h7-10,15H,2-6H2,1H3,(H2,14,18). The van der Waals surface area contributed by atoms with Crippen LogP contribution in [0.4, 0.5) is 0 Å². The monoisotopic (exact) mass is 332 g/mol. The highest BCUT2D eigenvalue weighted by Crippen LogP contribution is 2.28. The zero-order valence-electron chi connectivity index (χ0n) is 11.5. The third-order valence-corrected chi connectivity index (χ3v) is 7.31. The van der Waals surface area contributed by atoms with Crippen LogP contribution >= 0.6 is 23.6 Å². The second-order valence-corrected chi connectivity index (χ2v) is 8.69. The summed E-state index contributed by atoms with van der Waals surface area (Å²) in [5.74, 6) is 0.749. The fourth-order valence-corrected chi connectivity index (χ4v) is 5.24. The molecular weight excluding hydrogens is 312 g/mol. The van der Waals surface area contributed by atoms with Crippen molar-refractivity contribution in [3.8, 4) is 0 Å². The normalized spacial score (nSPS) is 23.6. The van der Waals surface area contributed by atoms with E-state index in [2.05, 4.69) is 11.6 Å². The Hall–Kier alpha value is -0.500. The van der Waals surface area contributed by atoms with Gasteiger partial charge in [-0.05, 0) is 43.7 Å². The largest absolute Gasteiger partial charge is 0.389 e. The molecule has 4 nitrogen and oxygen atoms in total. The van der Waals surface area contributed by atoms with Gasteiger partial charge in [0, 0.05) is 6.04 Å². The number of nitrogens with two attached hydrogens (primary N) is 1. The molecule has 112 valence electrons. The van der Waals surface area contributed by atoms with E-state index in [0.717, 1.165) is 42.9 Å². The lowest BCUT2D eigenvalue weighted by atomic mass is 9.85. The Morgan fingerprint density at radius 1 is 1.40 bits per heavy atom. The van der Waals surface area contributed by atoms with Gasteiger partial charge < -0.3 is 5.73 Å². The molecule has 0 spiro atoms. The molecule has 0 saturated heterocycles. The van der Waals surface area contributed by atoms with Gasteiger partial charge in [-0.3, -0.25) is 0 Å². The van der Waals surface area contributed by atoms with Crippen LogP contribution in [0.5, 0.6) is 0 Å². The summed E-state index contributed by atoms with van der Waals surface area (Å²) in [5, 5.41) is 0. The summed E-state index contributed by atoms with van der Waals surface area (Å²) in [6, 6.07) is 3.28. The molecule has 0 atom stereocenters. The van der Waals surface area contributed by atoms with Crippen molar-refractivity contribution >= 4 is 38.6 Å². The number of hydrogen-bond acceptors (Lipinski definition) is 4. The Bertz CT molecular complexity index is 572. The van der Waals surface area contributed by atoms with Gasteiger partial charge in [0.15, 0.2) is 0 Å². The summed E-state index contributed by atoms with van der Waals surface area (Å²) in [5.41, 5.74) is 5.51. The lowest BCUT2D eigenvalue weighted by molar-refractivity contribution is 0.306. The molecule has 1 heterocycles. The Kier molecular flexibility index (Phi) is 5.17. The zero-order chi connectivity index (χ0) is 14.8. The summed E-state index contributed by atoms with van der Waals surface area (Å²) in [4.78, 5) is 0.870. The van der Waals surface area contributed by atoms with Crippen LogP contribution < -0.4 is 10.5 Å². The molecule has 0 bridgehead atoms. The third-order valence-electron chi connectivity index (χ3n) is 3.83. The van der Waals surface area contributed by atoms with Crippen LogP contribution in [0.25, 0.3) is 0 Å². The molecule has 1 aliphatic rings. The predicted octanol–water partition coefficient (Wildman–Crippen LogP) is 2.63. The fraction of sp³-hybridized carbons (Fsp3) is 0.615. The van der Waals surface area contributed by atoms with Gasteiger partial charge in [-0.1, -0.05) is 25.6 Å². The van der Waals surface area contributed by atoms with Crippen LogP contribution in [-0.2, 0) is 10.0 Å². The van der Waals surface area contributed by atoms with Gasteiger partial charge in [0.05, 0.1) is 4.88 Å². The second kappa shape index (κ2) is 6.51. The van der Waals surface area contributed by atoms with E-state index in [9.17, 15) is 8.42 Å². The average molecular weight is 333 g/mol. The molecule has 1 saturated carbocycles. The highest BCUT2D eigenvalue weighted by atomic mass is 32.2. The van der Waals surface area contributed by atoms with Gasteiger partial charge in [0.25, 0.3) is 0 Å². The molecule has 0 amide bonds. The predicted molar refractivity (Wildman–Crippen MR) is 86.6 cm³/mol. The van der Waals surface area contributed by atoms with Crippen molar-refractivity contribution in [2.24, 2.45) is 11.7 Å². The minimum atomic E-state index is -3.44. The molecule has 0 radical (unpaired) electrons. The molecule has 0 unspecified atom stereocenters. The fourth-order valence-electron chi connectivity index (χ4n) is 2.56. The molecule has 1 aromatic heterocycles. The summed E-state index contributed by atoms with van der Waals surface area (Å²) in [6.45, 7) is 2.19. The molecule has 20 heavy (non-hydrogen) atoms. The second-order valence-electron chi connectivity index (χ2n) is 5.23. The Morgan fingerprint density at radius 2 is 2.05 bits per heavy atom. The SMILES string of the molecule is CCC1CCC(NS(=O)(=O)c2ccc(C(N)=S)s2)CC1. The number of hydrogen-bond donors (Lipinski definition) is 2. The first kappa shape index (κ1) is 15.9. The maximum atomic E-state index is 12.3. The van der Waals surface area contributed by atoms with E-state index >= 15 is 0 Å². The van der Waals surface area contributed by atoms with Crippen molar-refractivity contribution in [2.75, 3.05) is 0 Å². The Morgan fingerprint density at radius 3 is 2.55 bits per heavy atom. The number of thiocarbonyl (C=S) groups is 1. The van der Waals surface area contributed by atoms with Crippen molar-refractivity contribution in [3.63, 3.8) is 0 Å². The minimum absolute atomic E-state index is 0.0539. The summed E-state index contributed by atoms with van der Waals surface area (Å²) in [7, 11) is -3.44. The maximum Gasteiger partial charge on any atom is 0.250 e. The first-order valence-electron chi connectivity index (χ1n) is 6.84. The Balaban J connectivity index is 2.02. The van der Waals surface area contributed by atoms with E-state index in [1.807, 2.05) is 0 Å². The summed E-state index contributed by atoms with van der Waals surface area (Å²) < 4.78 is 27.7. The van der Waals surface area contributed by atoms with E-state index in [0.29, 0.717) is 4.88 Å². The number of nitrogens with one attached hydrogen (secondary N) is 1. The van der Waals surface area contributed by atoms with E-state index in [4.69, 9.17) is 18.0 Å². The number of rotatable bonds is 5. The molecule has 2 rings (SSSR count). The van der Waals surface area contributed by atoms with E-state index < -0.39 is 10.0 Å². The van der Waals surface area contributed by atoms with Crippen molar-refractivity contribution in [1.82, 2.24) is 4.72 Å². The smallest absolute Gasteiger partial charge is 0.250 e. The average Bonchev–Trinajstić information content (AvgIpc) is 2.90. The quantitative estimate of drug-likeness (QED) is 0.813. The van der Waals surface area contributed by atoms with Crippen LogP contribution in [0, 0.1) is 5.92 Å². The highest BCUT2D eigenvalue weighted by molar-refractivity contribution is 7.91. The van der Waals surface area contributed by atoms with Gasteiger partial charge in [-0.2, -0.15) is 0 Å². The van der Waals surface area contributed by atoms with Gasteiger partial charge in [-0.25, -0.2) is 13.1 Å². The maximum absolute atomic E-state index is 12.3. The first-order valence-corrected chi connectivity index (χ1v) is 9.55. The first-order chi connectivity index (χ1) is 9.42. The van der Waals surface area contributed by atoms with Crippen molar-refractivity contribution in [1.29, 1.82) is 0 Å². The van der Waals surface area contributed by atoms with Crippen LogP contribution in [0.15, 0.2) is 16.3 Å². The Labute approximate surface area is 129 Å². The van der Waals surface area contributed by atoms with E-state index in [-0.39, 0.29) is 15.2 Å². The minimum Gasteiger partial charge on any atom is -0.389 e. The lowest BCUT2D eigenvalue weighted by Gasteiger charge is -2.27. The van der Waals surface area contributed by atoms with E-state index in [1.54, 1.807) is 12.1 Å². The molecule has 0 aliphatic heterocycles. The summed E-state index contributed by atoms with van der Waals surface area (Å²) >= 11 is 5.98. The molecule has 1 fully saturated rings. The van der Waals surface area contributed by atoms with Gasteiger partial charge in [0.2, 0.25) is 10.0 Å². The van der Waals surface area contributed by atoms with Gasteiger partial charge in [0.1, 0.15) is 9.20 Å². The highest BCUT2D eigenvalue weighted by Gasteiger charge is 2.26. The van der Waals surface area contributed by atoms with Gasteiger partial charge in [-0.15, -0.1) is 11.3 Å². The van der Waals surface area contributed by atoms with Crippen molar-refractivity contribution in [3.05, 3.63) is 17.0 Å². The number of thiophene rings is 1. The molecule has 1 aromatic rings. The molecule has 7 heteroatoms. The van der Waals surface area contributed by atoms with Crippen LogP contribution in [0.3, 0.4) is 0 Å².